The van der Waals surface area contributed by atoms with Crippen molar-refractivity contribution < 1.29 is 28.2 Å². The van der Waals surface area contributed by atoms with Gasteiger partial charge in [-0.1, -0.05) is 20.8 Å². The Morgan fingerprint density at radius 3 is 2.50 bits per heavy atom. The Balaban J connectivity index is 1.65. The van der Waals surface area contributed by atoms with Crippen LogP contribution in [0.1, 0.15) is 58.4 Å². The number of hydrogen-bond donors (Lipinski definition) is 3. The fraction of sp³-hybridized carbons (Fsp3) is 0.692. The minimum Gasteiger partial charge on any atom is -0.392 e. The van der Waals surface area contributed by atoms with Gasteiger partial charge in [0.15, 0.2) is 0 Å². The van der Waals surface area contributed by atoms with Crippen LogP contribution in [0.4, 0.5) is 8.78 Å². The zero-order chi connectivity index (χ0) is 25.0. The van der Waals surface area contributed by atoms with E-state index in [1.165, 1.54) is 12.1 Å². The number of ether oxygens (including phenoxy) is 1. The molecule has 1 aromatic rings. The quantitative estimate of drug-likeness (QED) is 0.531. The Labute approximate surface area is 200 Å². The summed E-state index contributed by atoms with van der Waals surface area (Å²) < 4.78 is 31.9. The first-order valence-electron chi connectivity index (χ1n) is 12.2. The molecule has 3 rings (SSSR count). The summed E-state index contributed by atoms with van der Waals surface area (Å²) in [5.41, 5.74) is 0.307. The second kappa shape index (κ2) is 11.1. The maximum absolute atomic E-state index is 13.4. The topological polar surface area (TPSA) is 87.7 Å². The average molecular weight is 481 g/mol. The lowest BCUT2D eigenvalue weighted by molar-refractivity contribution is -0.144. The number of methoxy groups -OCH3 is 1. The molecule has 0 heterocycles. The van der Waals surface area contributed by atoms with Crippen LogP contribution >= 0.6 is 0 Å². The Morgan fingerprint density at radius 2 is 1.85 bits per heavy atom. The molecule has 2 amide bonds. The number of carbonyl (C=O) groups is 2. The first-order chi connectivity index (χ1) is 16.1. The molecule has 2 aliphatic rings. The third-order valence-electron chi connectivity index (χ3n) is 8.21. The number of benzene rings is 1. The zero-order valence-electron chi connectivity index (χ0n) is 20.6. The lowest BCUT2D eigenvalue weighted by Gasteiger charge is -2.56. The molecule has 2 aliphatic carbocycles. The molecule has 0 radical (unpaired) electrons. The van der Waals surface area contributed by atoms with Crippen molar-refractivity contribution in [1.82, 2.24) is 10.6 Å². The first-order valence-corrected chi connectivity index (χ1v) is 12.2. The monoisotopic (exact) mass is 480 g/mol. The van der Waals surface area contributed by atoms with Gasteiger partial charge < -0.3 is 20.5 Å². The largest absolute Gasteiger partial charge is 0.392 e. The summed E-state index contributed by atoms with van der Waals surface area (Å²) in [7, 11) is 1.56. The van der Waals surface area contributed by atoms with Crippen LogP contribution in [0.5, 0.6) is 0 Å². The average Bonchev–Trinajstić information content (AvgIpc) is 2.77. The Bertz CT molecular complexity index is 862. The van der Waals surface area contributed by atoms with Crippen LogP contribution in [0.25, 0.3) is 0 Å². The van der Waals surface area contributed by atoms with Crippen LogP contribution in [-0.2, 0) is 20.9 Å². The molecule has 0 saturated heterocycles. The molecule has 7 atom stereocenters. The molecule has 8 heteroatoms. The van der Waals surface area contributed by atoms with E-state index in [4.69, 9.17) is 4.74 Å². The Kier molecular flexibility index (Phi) is 8.68. The molecule has 0 bridgehead atoms. The number of aliphatic hydroxyl groups excluding tert-OH is 1. The number of aliphatic hydroxyl groups is 1. The van der Waals surface area contributed by atoms with E-state index in [1.54, 1.807) is 14.0 Å². The summed E-state index contributed by atoms with van der Waals surface area (Å²) in [5.74, 6) is -2.33. The molecule has 3 N–H and O–H groups in total. The summed E-state index contributed by atoms with van der Waals surface area (Å²) >= 11 is 0. The van der Waals surface area contributed by atoms with Crippen molar-refractivity contribution in [2.45, 2.75) is 71.6 Å². The molecule has 34 heavy (non-hydrogen) atoms. The van der Waals surface area contributed by atoms with Gasteiger partial charge in [-0.3, -0.25) is 9.59 Å². The third-order valence-corrected chi connectivity index (χ3v) is 8.21. The molecule has 0 unspecified atom stereocenters. The molecule has 2 saturated carbocycles. The van der Waals surface area contributed by atoms with E-state index < -0.39 is 23.7 Å². The van der Waals surface area contributed by atoms with Gasteiger partial charge in [-0.2, -0.15) is 0 Å². The van der Waals surface area contributed by atoms with Gasteiger partial charge in [0.05, 0.1) is 12.7 Å². The van der Waals surface area contributed by atoms with E-state index in [-0.39, 0.29) is 47.6 Å². The van der Waals surface area contributed by atoms with Gasteiger partial charge in [-0.25, -0.2) is 8.78 Å². The Morgan fingerprint density at radius 1 is 1.21 bits per heavy atom. The van der Waals surface area contributed by atoms with Crippen molar-refractivity contribution in [3.63, 3.8) is 0 Å². The van der Waals surface area contributed by atoms with Gasteiger partial charge in [0.2, 0.25) is 11.8 Å². The van der Waals surface area contributed by atoms with Crippen LogP contribution in [0.2, 0.25) is 0 Å². The van der Waals surface area contributed by atoms with Gasteiger partial charge in [0, 0.05) is 38.1 Å². The van der Waals surface area contributed by atoms with E-state index in [0.717, 1.165) is 31.7 Å². The number of hydrogen-bond acceptors (Lipinski definition) is 4. The Hall–Kier alpha value is -2.06. The molecule has 6 nitrogen and oxygen atoms in total. The summed E-state index contributed by atoms with van der Waals surface area (Å²) in [4.78, 5) is 25.2. The van der Waals surface area contributed by atoms with Crippen molar-refractivity contribution in [3.05, 3.63) is 35.4 Å². The van der Waals surface area contributed by atoms with Crippen molar-refractivity contribution in [2.24, 2.45) is 29.1 Å². The highest BCUT2D eigenvalue weighted by Crippen LogP contribution is 2.55. The highest BCUT2D eigenvalue weighted by Gasteiger charge is 2.53. The lowest BCUT2D eigenvalue weighted by atomic mass is 9.51. The van der Waals surface area contributed by atoms with Gasteiger partial charge in [-0.05, 0) is 66.5 Å². The van der Waals surface area contributed by atoms with Gasteiger partial charge in [-0.15, -0.1) is 0 Å². The van der Waals surface area contributed by atoms with Gasteiger partial charge >= 0.3 is 0 Å². The summed E-state index contributed by atoms with van der Waals surface area (Å²) in [6, 6.07) is 3.16. The molecule has 0 aliphatic heterocycles. The molecule has 0 spiro atoms. The number of fused-ring (bicyclic) bond motifs is 1. The van der Waals surface area contributed by atoms with Crippen molar-refractivity contribution in [3.8, 4) is 0 Å². The summed E-state index contributed by atoms with van der Waals surface area (Å²) in [5, 5.41) is 17.3. The van der Waals surface area contributed by atoms with E-state index in [2.05, 4.69) is 24.5 Å². The number of carbonyl (C=O) groups excluding carboxylic acids is 2. The predicted molar refractivity (Wildman–Crippen MR) is 125 cm³/mol. The molecule has 2 fully saturated rings. The van der Waals surface area contributed by atoms with Crippen molar-refractivity contribution in [1.29, 1.82) is 0 Å². The normalized spacial score (nSPS) is 31.9. The fourth-order valence-electron chi connectivity index (χ4n) is 6.23. The molecule has 1 aromatic carbocycles. The van der Waals surface area contributed by atoms with Crippen LogP contribution in [0.15, 0.2) is 18.2 Å². The van der Waals surface area contributed by atoms with Crippen LogP contribution < -0.4 is 10.6 Å². The maximum Gasteiger partial charge on any atom is 0.223 e. The van der Waals surface area contributed by atoms with Crippen LogP contribution in [0.3, 0.4) is 0 Å². The molecular formula is C26H38F2N2O4. The van der Waals surface area contributed by atoms with Crippen molar-refractivity contribution >= 4 is 11.8 Å². The molecular weight excluding hydrogens is 442 g/mol. The van der Waals surface area contributed by atoms with E-state index in [1.807, 2.05) is 0 Å². The maximum atomic E-state index is 13.4. The van der Waals surface area contributed by atoms with Crippen molar-refractivity contribution in [2.75, 3.05) is 13.7 Å². The second-order valence-corrected chi connectivity index (χ2v) is 10.5. The zero-order valence-corrected chi connectivity index (χ0v) is 20.6. The minimum absolute atomic E-state index is 0.0216. The third kappa shape index (κ3) is 5.95. The molecule has 0 aromatic heterocycles. The second-order valence-electron chi connectivity index (χ2n) is 10.5. The standard InChI is InChI=1S/C26H38F2N2O4/c1-15(25(33)29-14-17-11-18(27)13-19(28)12-17)20-5-8-26(3)9-6-21(16(2)23(26)24(20)32)30-22(31)7-10-34-4/h11-13,15-16,20-21,23-24,32H,5-10,14H2,1-4H3,(H,29,33)(H,30,31)/t15-,16-,20+,21-,23+,24-,26+/m0/s1. The summed E-state index contributed by atoms with van der Waals surface area (Å²) in [6.07, 6.45) is 3.03. The van der Waals surface area contributed by atoms with E-state index in [9.17, 15) is 23.5 Å². The van der Waals surface area contributed by atoms with Crippen LogP contribution in [0, 0.1) is 40.7 Å². The number of halogens is 2. The van der Waals surface area contributed by atoms with Gasteiger partial charge in [0.25, 0.3) is 0 Å². The lowest BCUT2D eigenvalue weighted by Crippen LogP contribution is -2.58. The highest BCUT2D eigenvalue weighted by molar-refractivity contribution is 5.78. The highest BCUT2D eigenvalue weighted by atomic mass is 19.1. The number of nitrogens with one attached hydrogen (secondary N) is 2. The van der Waals surface area contributed by atoms with Crippen LogP contribution in [-0.4, -0.2) is 42.8 Å². The van der Waals surface area contributed by atoms with E-state index >= 15 is 0 Å². The van der Waals surface area contributed by atoms with E-state index in [0.29, 0.717) is 18.6 Å². The molecule has 190 valence electrons. The number of amides is 2. The number of rotatable bonds is 8. The summed E-state index contributed by atoms with van der Waals surface area (Å²) in [6.45, 7) is 6.48. The predicted octanol–water partition coefficient (Wildman–Crippen LogP) is 3.56. The minimum atomic E-state index is -0.686. The SMILES string of the molecule is COCCC(=O)N[C@H]1CC[C@@]2(C)CC[C@H]([C@H](C)C(=O)NCc3cc(F)cc(F)c3)[C@H](O)[C@H]2[C@H]1C. The van der Waals surface area contributed by atoms with Gasteiger partial charge in [0.1, 0.15) is 11.6 Å². The first kappa shape index (κ1) is 26.5. The smallest absolute Gasteiger partial charge is 0.223 e. The fourth-order valence-corrected chi connectivity index (χ4v) is 6.23.